The number of carbonyl (C=O) groups is 3. The van der Waals surface area contributed by atoms with Crippen LogP contribution < -0.4 is 5.32 Å². The average Bonchev–Trinajstić information content (AvgIpc) is 3.51. The number of cyclic esters (lactones) is 1. The van der Waals surface area contributed by atoms with E-state index in [1.807, 2.05) is 44.8 Å². The zero-order valence-corrected chi connectivity index (χ0v) is 29.8. The molecule has 0 bridgehead atoms. The maximum Gasteiger partial charge on any atom is 0.319 e. The molecule has 4 saturated heterocycles. The molecule has 12 nitrogen and oxygen atoms in total. The van der Waals surface area contributed by atoms with Gasteiger partial charge < -0.3 is 39.2 Å². The molecular weight excluding hydrogens is 592 g/mol. The lowest BCUT2D eigenvalue weighted by molar-refractivity contribution is -0.295. The first-order valence-corrected chi connectivity index (χ1v) is 17.1. The number of amides is 1. The number of aliphatic hydroxyl groups excluding tert-OH is 1. The lowest BCUT2D eigenvalue weighted by atomic mass is 9.74. The maximum absolute atomic E-state index is 14.2. The second-order valence-corrected chi connectivity index (χ2v) is 15.5. The normalized spacial score (nSPS) is 40.5. The monoisotopic (exact) mass is 652 g/mol. The van der Waals surface area contributed by atoms with Crippen LogP contribution in [0.1, 0.15) is 60.8 Å². The van der Waals surface area contributed by atoms with Gasteiger partial charge in [-0.25, -0.2) is 0 Å². The predicted molar refractivity (Wildman–Crippen MR) is 173 cm³/mol. The van der Waals surface area contributed by atoms with Gasteiger partial charge in [0.25, 0.3) is 0 Å². The summed E-state index contributed by atoms with van der Waals surface area (Å²) in [6.45, 7) is 14.7. The Morgan fingerprint density at radius 3 is 2.37 bits per heavy atom. The molecule has 0 spiro atoms. The standard InChI is InChI=1S/C34H60N4O8/c1-20-14-34(6,43-10)29(46-31-27(39)25(36(7)8)13-21(2)45-31)22(3)28(40)33(4,5)32(42)44-19-26(37(9)16-20)24-17-38(18-24)30(41)23-11-12-35-15-23/h20-27,29,31,35,39H,11-19H2,1-10H3/t20-,21-,22+,23+,25+,26?,27-,29-,31+,34-/m1/s1. The second-order valence-electron chi connectivity index (χ2n) is 15.5. The Balaban J connectivity index is 1.59. The first kappa shape index (κ1) is 37.2. The maximum atomic E-state index is 14.2. The second kappa shape index (κ2) is 14.8. The number of aliphatic hydroxyl groups is 1. The van der Waals surface area contributed by atoms with E-state index >= 15 is 0 Å². The minimum absolute atomic E-state index is 0.0318. The quantitative estimate of drug-likeness (QED) is 0.319. The number of ether oxygens (including phenoxy) is 4. The highest BCUT2D eigenvalue weighted by Gasteiger charge is 2.52. The van der Waals surface area contributed by atoms with E-state index in [1.165, 1.54) is 0 Å². The number of hydrogen-bond acceptors (Lipinski definition) is 11. The average molecular weight is 653 g/mol. The van der Waals surface area contributed by atoms with Crippen LogP contribution in [0, 0.1) is 29.1 Å². The molecule has 1 unspecified atom stereocenters. The van der Waals surface area contributed by atoms with Gasteiger partial charge in [-0.15, -0.1) is 0 Å². The summed E-state index contributed by atoms with van der Waals surface area (Å²) in [7, 11) is 7.48. The molecule has 1 amide bonds. The van der Waals surface area contributed by atoms with E-state index in [-0.39, 0.29) is 54.2 Å². The number of methoxy groups -OCH3 is 1. The molecule has 0 aromatic heterocycles. The van der Waals surface area contributed by atoms with Crippen molar-refractivity contribution >= 4 is 17.7 Å². The zero-order valence-electron chi connectivity index (χ0n) is 29.8. The highest BCUT2D eigenvalue weighted by molar-refractivity contribution is 6.04. The molecule has 4 fully saturated rings. The number of Topliss-reactive ketones (excluding diaryl/α,β-unsaturated/α-hetero) is 1. The Labute approximate surface area is 275 Å². The number of likely N-dealkylation sites (tertiary alicyclic amines) is 1. The van der Waals surface area contributed by atoms with Crippen LogP contribution in [0.2, 0.25) is 0 Å². The predicted octanol–water partition coefficient (Wildman–Crippen LogP) is 1.39. The molecular formula is C34H60N4O8. The number of nitrogens with one attached hydrogen (secondary N) is 1. The third-order valence-electron chi connectivity index (χ3n) is 11.1. The SMILES string of the molecule is CO[C@]1(C)C[C@@H](C)CN(C)C(C2CN(C(=O)[C@H]3CCNC3)C2)COC(=O)C(C)(C)C(=O)[C@H](C)[C@H]1O[C@@H]1O[C@H](C)C[C@H](N(C)C)[C@H]1O. The molecule has 264 valence electrons. The van der Waals surface area contributed by atoms with Crippen molar-refractivity contribution in [3.05, 3.63) is 0 Å². The van der Waals surface area contributed by atoms with Crippen LogP contribution in [0.5, 0.6) is 0 Å². The summed E-state index contributed by atoms with van der Waals surface area (Å²) in [6.07, 6.45) is -0.863. The largest absolute Gasteiger partial charge is 0.463 e. The molecule has 0 saturated carbocycles. The summed E-state index contributed by atoms with van der Waals surface area (Å²) in [6, 6.07) is -0.302. The van der Waals surface area contributed by atoms with E-state index in [0.29, 0.717) is 32.5 Å². The topological polar surface area (TPSA) is 130 Å². The summed E-state index contributed by atoms with van der Waals surface area (Å²) in [5, 5.41) is 14.6. The molecule has 0 aromatic rings. The van der Waals surface area contributed by atoms with Crippen molar-refractivity contribution in [2.45, 2.75) is 103 Å². The van der Waals surface area contributed by atoms with Crippen LogP contribution in [-0.4, -0.2) is 147 Å². The number of rotatable bonds is 6. The van der Waals surface area contributed by atoms with Crippen molar-refractivity contribution in [2.24, 2.45) is 29.1 Å². The van der Waals surface area contributed by atoms with Gasteiger partial charge in [0.05, 0.1) is 23.7 Å². The van der Waals surface area contributed by atoms with Crippen molar-refractivity contribution in [3.8, 4) is 0 Å². The van der Waals surface area contributed by atoms with Gasteiger partial charge >= 0.3 is 5.97 Å². The van der Waals surface area contributed by atoms with Gasteiger partial charge in [0.1, 0.15) is 18.1 Å². The van der Waals surface area contributed by atoms with E-state index in [4.69, 9.17) is 18.9 Å². The molecule has 46 heavy (non-hydrogen) atoms. The fraction of sp³-hybridized carbons (Fsp3) is 0.912. The Kier molecular flexibility index (Phi) is 12.0. The van der Waals surface area contributed by atoms with E-state index in [9.17, 15) is 19.5 Å². The molecule has 0 radical (unpaired) electrons. The number of esters is 1. The van der Waals surface area contributed by atoms with Gasteiger partial charge in [-0.05, 0) is 80.6 Å². The highest BCUT2D eigenvalue weighted by atomic mass is 16.7. The summed E-state index contributed by atoms with van der Waals surface area (Å²) in [4.78, 5) is 47.0. The van der Waals surface area contributed by atoms with Crippen LogP contribution in [0.4, 0.5) is 0 Å². The molecule has 0 aromatic carbocycles. The Morgan fingerprint density at radius 2 is 1.78 bits per heavy atom. The molecule has 4 heterocycles. The summed E-state index contributed by atoms with van der Waals surface area (Å²) in [5.74, 6) is -1.22. The van der Waals surface area contributed by atoms with Crippen molar-refractivity contribution in [2.75, 3.05) is 67.6 Å². The van der Waals surface area contributed by atoms with E-state index in [1.54, 1.807) is 27.9 Å². The van der Waals surface area contributed by atoms with Crippen molar-refractivity contribution in [1.29, 1.82) is 0 Å². The van der Waals surface area contributed by atoms with Crippen molar-refractivity contribution in [3.63, 3.8) is 0 Å². The van der Waals surface area contributed by atoms with Gasteiger partial charge in [0.2, 0.25) is 5.91 Å². The van der Waals surface area contributed by atoms with Gasteiger partial charge in [0, 0.05) is 57.2 Å². The van der Waals surface area contributed by atoms with E-state index < -0.39 is 41.4 Å². The van der Waals surface area contributed by atoms with E-state index in [2.05, 4.69) is 17.1 Å². The molecule has 0 aliphatic carbocycles. The Morgan fingerprint density at radius 1 is 1.11 bits per heavy atom. The highest BCUT2D eigenvalue weighted by Crippen LogP contribution is 2.39. The molecule has 4 aliphatic heterocycles. The minimum atomic E-state index is -1.46. The number of nitrogens with zero attached hydrogens (tertiary/aromatic N) is 3. The molecule has 10 atom stereocenters. The number of ketones is 1. The van der Waals surface area contributed by atoms with Crippen LogP contribution in [0.15, 0.2) is 0 Å². The zero-order chi connectivity index (χ0) is 34.1. The van der Waals surface area contributed by atoms with Gasteiger partial charge in [-0.2, -0.15) is 0 Å². The Bertz CT molecular complexity index is 1080. The molecule has 12 heteroatoms. The van der Waals surface area contributed by atoms with Crippen LogP contribution >= 0.6 is 0 Å². The molecule has 4 rings (SSSR count). The lowest BCUT2D eigenvalue weighted by Crippen LogP contribution is -2.60. The van der Waals surface area contributed by atoms with Crippen LogP contribution in [0.3, 0.4) is 0 Å². The fourth-order valence-corrected chi connectivity index (χ4v) is 8.12. The number of carbonyl (C=O) groups excluding carboxylic acids is 3. The summed E-state index contributed by atoms with van der Waals surface area (Å²) < 4.78 is 24.9. The van der Waals surface area contributed by atoms with Gasteiger partial charge in [-0.1, -0.05) is 13.8 Å². The lowest BCUT2D eigenvalue weighted by Gasteiger charge is -2.48. The van der Waals surface area contributed by atoms with Crippen LogP contribution in [0.25, 0.3) is 0 Å². The van der Waals surface area contributed by atoms with E-state index in [0.717, 1.165) is 19.5 Å². The van der Waals surface area contributed by atoms with Gasteiger partial charge in [-0.3, -0.25) is 19.3 Å². The molecule has 2 N–H and O–H groups in total. The smallest absolute Gasteiger partial charge is 0.319 e. The summed E-state index contributed by atoms with van der Waals surface area (Å²) in [5.41, 5.74) is -2.41. The van der Waals surface area contributed by atoms with Crippen LogP contribution in [-0.2, 0) is 33.3 Å². The number of likely N-dealkylation sites (N-methyl/N-ethyl adjacent to an activating group) is 2. The first-order valence-electron chi connectivity index (χ1n) is 17.1. The van der Waals surface area contributed by atoms with Gasteiger partial charge in [0.15, 0.2) is 12.1 Å². The van der Waals surface area contributed by atoms with Crippen molar-refractivity contribution < 1.29 is 38.4 Å². The third-order valence-corrected chi connectivity index (χ3v) is 11.1. The summed E-state index contributed by atoms with van der Waals surface area (Å²) >= 11 is 0. The molecule has 4 aliphatic rings. The first-order chi connectivity index (χ1) is 21.5. The minimum Gasteiger partial charge on any atom is -0.463 e. The number of hydrogen-bond donors (Lipinski definition) is 2. The van der Waals surface area contributed by atoms with Crippen molar-refractivity contribution in [1.82, 2.24) is 20.0 Å². The fourth-order valence-electron chi connectivity index (χ4n) is 8.12. The Hall–Kier alpha value is -1.67. The third kappa shape index (κ3) is 7.79.